The van der Waals surface area contributed by atoms with Gasteiger partial charge in [0.1, 0.15) is 5.82 Å². The highest BCUT2D eigenvalue weighted by Crippen LogP contribution is 2.42. The van der Waals surface area contributed by atoms with Crippen molar-refractivity contribution in [3.05, 3.63) is 52.0 Å². The number of benzene rings is 1. The van der Waals surface area contributed by atoms with Gasteiger partial charge in [-0.05, 0) is 37.0 Å². The number of imidazole rings is 1. The summed E-state index contributed by atoms with van der Waals surface area (Å²) in [5.74, 6) is 1.04. The van der Waals surface area contributed by atoms with Gasteiger partial charge in [-0.15, -0.1) is 0 Å². The molecule has 1 saturated carbocycles. The minimum absolute atomic E-state index is 0.0141. The van der Waals surface area contributed by atoms with E-state index >= 15 is 0 Å². The molecule has 20 heavy (non-hydrogen) atoms. The van der Waals surface area contributed by atoms with Crippen LogP contribution in [0.15, 0.2) is 30.6 Å². The van der Waals surface area contributed by atoms with E-state index in [0.717, 1.165) is 25.2 Å². The normalized spacial score (nSPS) is 16.9. The number of nitrogens with one attached hydrogen (secondary N) is 1. The zero-order chi connectivity index (χ0) is 14.2. The van der Waals surface area contributed by atoms with Crippen LogP contribution in [0.3, 0.4) is 0 Å². The summed E-state index contributed by atoms with van der Waals surface area (Å²) in [5.41, 5.74) is 1.23. The van der Waals surface area contributed by atoms with Crippen molar-refractivity contribution >= 4 is 23.2 Å². The summed E-state index contributed by atoms with van der Waals surface area (Å²) in [6, 6.07) is 5.93. The Morgan fingerprint density at radius 2 is 2.10 bits per heavy atom. The molecule has 1 heterocycles. The van der Waals surface area contributed by atoms with E-state index in [1.54, 1.807) is 0 Å². The molecule has 0 saturated heterocycles. The first kappa shape index (κ1) is 13.9. The molecule has 1 fully saturated rings. The monoisotopic (exact) mass is 309 g/mol. The topological polar surface area (TPSA) is 29.9 Å². The minimum Gasteiger partial charge on any atom is -0.337 e. The molecule has 3 nitrogen and oxygen atoms in total. The summed E-state index contributed by atoms with van der Waals surface area (Å²) in [4.78, 5) is 4.36. The molecule has 0 spiro atoms. The van der Waals surface area contributed by atoms with Crippen LogP contribution in [0.1, 0.15) is 30.7 Å². The molecule has 0 aliphatic heterocycles. The predicted octanol–water partition coefficient (Wildman–Crippen LogP) is 3.90. The van der Waals surface area contributed by atoms with Gasteiger partial charge in [0.15, 0.2) is 0 Å². The Kier molecular flexibility index (Phi) is 3.76. The van der Waals surface area contributed by atoms with Gasteiger partial charge in [-0.3, -0.25) is 0 Å². The Bertz CT molecular complexity index is 617. The third-order valence-electron chi connectivity index (χ3n) is 4.19. The Labute approximate surface area is 128 Å². The SMILES string of the molecule is Cn1ccnc1CNC1(c2ccc(Cl)c(Cl)c2)CCC1. The molecular weight excluding hydrogens is 293 g/mol. The lowest BCUT2D eigenvalue weighted by Gasteiger charge is -2.43. The molecule has 0 atom stereocenters. The van der Waals surface area contributed by atoms with Crippen LogP contribution in [0.2, 0.25) is 10.0 Å². The van der Waals surface area contributed by atoms with Gasteiger partial charge in [0.25, 0.3) is 0 Å². The fourth-order valence-electron chi connectivity index (χ4n) is 2.71. The van der Waals surface area contributed by atoms with Gasteiger partial charge in [0.05, 0.1) is 16.6 Å². The van der Waals surface area contributed by atoms with Crippen LogP contribution in [0.4, 0.5) is 0 Å². The molecule has 5 heteroatoms. The Morgan fingerprint density at radius 1 is 1.30 bits per heavy atom. The molecule has 0 radical (unpaired) electrons. The van der Waals surface area contributed by atoms with E-state index in [9.17, 15) is 0 Å². The number of hydrogen-bond donors (Lipinski definition) is 1. The van der Waals surface area contributed by atoms with E-state index in [2.05, 4.69) is 16.4 Å². The highest BCUT2D eigenvalue weighted by molar-refractivity contribution is 6.42. The molecule has 1 aliphatic rings. The van der Waals surface area contributed by atoms with Crippen LogP contribution in [-0.4, -0.2) is 9.55 Å². The third-order valence-corrected chi connectivity index (χ3v) is 4.92. The maximum absolute atomic E-state index is 6.15. The largest absolute Gasteiger partial charge is 0.337 e. The number of aryl methyl sites for hydroxylation is 1. The maximum atomic E-state index is 6.15. The number of aromatic nitrogens is 2. The summed E-state index contributed by atoms with van der Waals surface area (Å²) in [5, 5.41) is 4.88. The van der Waals surface area contributed by atoms with E-state index in [1.807, 2.05) is 36.1 Å². The molecular formula is C15H17Cl2N3. The van der Waals surface area contributed by atoms with E-state index < -0.39 is 0 Å². The van der Waals surface area contributed by atoms with Crippen LogP contribution in [0.25, 0.3) is 0 Å². The summed E-state index contributed by atoms with van der Waals surface area (Å²) in [6.07, 6.45) is 7.26. The van der Waals surface area contributed by atoms with Crippen molar-refractivity contribution in [3.63, 3.8) is 0 Å². The third kappa shape index (κ3) is 2.46. The van der Waals surface area contributed by atoms with Crippen molar-refractivity contribution in [2.24, 2.45) is 7.05 Å². The molecule has 3 rings (SSSR count). The van der Waals surface area contributed by atoms with Crippen LogP contribution in [-0.2, 0) is 19.1 Å². The smallest absolute Gasteiger partial charge is 0.122 e. The van der Waals surface area contributed by atoms with Crippen LogP contribution >= 0.6 is 23.2 Å². The van der Waals surface area contributed by atoms with E-state index in [4.69, 9.17) is 23.2 Å². The van der Waals surface area contributed by atoms with Crippen LogP contribution in [0.5, 0.6) is 0 Å². The van der Waals surface area contributed by atoms with Crippen LogP contribution in [0, 0.1) is 0 Å². The summed E-state index contributed by atoms with van der Waals surface area (Å²) >= 11 is 12.2. The molecule has 2 aromatic rings. The van der Waals surface area contributed by atoms with Gasteiger partial charge >= 0.3 is 0 Å². The second kappa shape index (κ2) is 5.40. The lowest BCUT2D eigenvalue weighted by molar-refractivity contribution is 0.181. The van der Waals surface area contributed by atoms with Gasteiger partial charge in [0.2, 0.25) is 0 Å². The lowest BCUT2D eigenvalue weighted by atomic mass is 9.72. The number of rotatable bonds is 4. The molecule has 0 amide bonds. The van der Waals surface area contributed by atoms with E-state index in [1.165, 1.54) is 12.0 Å². The first-order chi connectivity index (χ1) is 9.61. The second-order valence-electron chi connectivity index (χ2n) is 5.37. The Balaban J connectivity index is 1.80. The highest BCUT2D eigenvalue weighted by atomic mass is 35.5. The van der Waals surface area contributed by atoms with E-state index in [-0.39, 0.29) is 5.54 Å². The van der Waals surface area contributed by atoms with E-state index in [0.29, 0.717) is 10.0 Å². The van der Waals surface area contributed by atoms with Gasteiger partial charge in [0, 0.05) is 25.0 Å². The molecule has 1 aliphatic carbocycles. The molecule has 0 unspecified atom stereocenters. The van der Waals surface area contributed by atoms with Crippen molar-refractivity contribution in [3.8, 4) is 0 Å². The maximum Gasteiger partial charge on any atom is 0.122 e. The van der Waals surface area contributed by atoms with Gasteiger partial charge in [-0.1, -0.05) is 29.3 Å². The number of halogens is 2. The van der Waals surface area contributed by atoms with Gasteiger partial charge in [-0.2, -0.15) is 0 Å². The second-order valence-corrected chi connectivity index (χ2v) is 6.19. The lowest BCUT2D eigenvalue weighted by Crippen LogP contribution is -2.47. The fraction of sp³-hybridized carbons (Fsp3) is 0.400. The fourth-order valence-corrected chi connectivity index (χ4v) is 3.00. The van der Waals surface area contributed by atoms with Crippen molar-refractivity contribution in [2.75, 3.05) is 0 Å². The Morgan fingerprint density at radius 3 is 2.65 bits per heavy atom. The van der Waals surface area contributed by atoms with Gasteiger partial charge in [-0.25, -0.2) is 4.98 Å². The summed E-state index contributed by atoms with van der Waals surface area (Å²) < 4.78 is 2.04. The van der Waals surface area contributed by atoms with Crippen molar-refractivity contribution in [1.29, 1.82) is 0 Å². The predicted molar refractivity (Wildman–Crippen MR) is 82.0 cm³/mol. The number of nitrogens with zero attached hydrogens (tertiary/aromatic N) is 2. The zero-order valence-electron chi connectivity index (χ0n) is 11.4. The standard InChI is InChI=1S/C15H17Cl2N3/c1-20-8-7-18-14(20)10-19-15(5-2-6-15)11-3-4-12(16)13(17)9-11/h3-4,7-9,19H,2,5-6,10H2,1H3. The highest BCUT2D eigenvalue weighted by Gasteiger charge is 2.38. The summed E-state index contributed by atoms with van der Waals surface area (Å²) in [7, 11) is 2.01. The Hall–Kier alpha value is -1.03. The van der Waals surface area contributed by atoms with Crippen LogP contribution < -0.4 is 5.32 Å². The molecule has 1 aromatic heterocycles. The average molecular weight is 310 g/mol. The first-order valence-electron chi connectivity index (χ1n) is 6.77. The van der Waals surface area contributed by atoms with Crippen molar-refractivity contribution in [2.45, 2.75) is 31.3 Å². The molecule has 106 valence electrons. The molecule has 1 aromatic carbocycles. The van der Waals surface area contributed by atoms with Crippen molar-refractivity contribution < 1.29 is 0 Å². The molecule has 1 N–H and O–H groups in total. The summed E-state index contributed by atoms with van der Waals surface area (Å²) in [6.45, 7) is 0.754. The van der Waals surface area contributed by atoms with Gasteiger partial charge < -0.3 is 9.88 Å². The number of hydrogen-bond acceptors (Lipinski definition) is 2. The molecule has 0 bridgehead atoms. The first-order valence-corrected chi connectivity index (χ1v) is 7.53. The van der Waals surface area contributed by atoms with Crippen molar-refractivity contribution in [1.82, 2.24) is 14.9 Å². The zero-order valence-corrected chi connectivity index (χ0v) is 12.9. The quantitative estimate of drug-likeness (QED) is 0.928. The average Bonchev–Trinajstić information content (AvgIpc) is 2.78. The minimum atomic E-state index is 0.0141.